The van der Waals surface area contributed by atoms with Crippen LogP contribution in [0.25, 0.3) is 0 Å². The Hall–Kier alpha value is -0.395. The third-order valence-corrected chi connectivity index (χ3v) is 4.26. The first-order valence-electron chi connectivity index (χ1n) is 7.56. The smallest absolute Gasteiger partial charge is 0.150 e. The van der Waals surface area contributed by atoms with Gasteiger partial charge < -0.3 is 4.74 Å². The topological polar surface area (TPSA) is 9.23 Å². The van der Waals surface area contributed by atoms with E-state index in [4.69, 9.17) is 4.74 Å². The van der Waals surface area contributed by atoms with Crippen LogP contribution in [0, 0.1) is 16.7 Å². The molecule has 0 aromatic rings. The van der Waals surface area contributed by atoms with Gasteiger partial charge in [0.05, 0.1) is 6.51 Å². The fourth-order valence-corrected chi connectivity index (χ4v) is 3.04. The van der Waals surface area contributed by atoms with E-state index in [1.54, 1.807) is 5.57 Å². The molecule has 0 N–H and O–H groups in total. The predicted octanol–water partition coefficient (Wildman–Crippen LogP) is 4.13. The SMILES string of the molecule is BCOC(=C1CCC1)C(C)(CC(C)(C)C)C(C)C. The third-order valence-electron chi connectivity index (χ3n) is 4.26. The van der Waals surface area contributed by atoms with Crippen molar-refractivity contribution < 1.29 is 4.74 Å². The molecule has 0 radical (unpaired) electrons. The molecular weight excluding hydrogens is 219 g/mol. The predicted molar refractivity (Wildman–Crippen MR) is 82.4 cm³/mol. The lowest BCUT2D eigenvalue weighted by atomic mass is 9.65. The number of hydrogen-bond donors (Lipinski definition) is 0. The summed E-state index contributed by atoms with van der Waals surface area (Å²) in [5.74, 6) is 1.94. The van der Waals surface area contributed by atoms with E-state index in [0.29, 0.717) is 11.3 Å². The second-order valence-corrected chi connectivity index (χ2v) is 7.53. The molecule has 2 heteroatoms. The first-order valence-corrected chi connectivity index (χ1v) is 7.56. The fourth-order valence-electron chi connectivity index (χ4n) is 3.04. The molecule has 104 valence electrons. The van der Waals surface area contributed by atoms with Crippen molar-refractivity contribution in [3.8, 4) is 0 Å². The minimum absolute atomic E-state index is 0.185. The molecule has 0 heterocycles. The standard InChI is InChI=1S/C16H31BO/c1-12(2)16(6,10-15(3,4)5)14(18-11-17)13-8-7-9-13/h12H,7-11,17H2,1-6H3. The van der Waals surface area contributed by atoms with Crippen molar-refractivity contribution in [2.75, 3.05) is 6.51 Å². The average Bonchev–Trinajstić information content (AvgIpc) is 2.11. The van der Waals surface area contributed by atoms with E-state index in [9.17, 15) is 0 Å². The molecule has 0 bridgehead atoms. The first kappa shape index (κ1) is 15.7. The highest BCUT2D eigenvalue weighted by molar-refractivity contribution is 6.08. The number of allylic oxidation sites excluding steroid dienone is 2. The molecule has 1 atom stereocenters. The Morgan fingerprint density at radius 3 is 2.06 bits per heavy atom. The maximum Gasteiger partial charge on any atom is 0.150 e. The Labute approximate surface area is 115 Å². The maximum absolute atomic E-state index is 6.10. The van der Waals surface area contributed by atoms with Crippen molar-refractivity contribution in [3.05, 3.63) is 11.3 Å². The van der Waals surface area contributed by atoms with Crippen molar-refractivity contribution in [2.24, 2.45) is 16.7 Å². The van der Waals surface area contributed by atoms with Crippen LogP contribution in [0.3, 0.4) is 0 Å². The van der Waals surface area contributed by atoms with E-state index in [-0.39, 0.29) is 5.41 Å². The molecule has 1 unspecified atom stereocenters. The van der Waals surface area contributed by atoms with Crippen molar-refractivity contribution in [1.82, 2.24) is 0 Å². The molecule has 1 nitrogen and oxygen atoms in total. The Balaban J connectivity index is 3.08. The number of rotatable bonds is 5. The van der Waals surface area contributed by atoms with Gasteiger partial charge in [-0.15, -0.1) is 0 Å². The zero-order valence-corrected chi connectivity index (χ0v) is 13.5. The fraction of sp³-hybridized carbons (Fsp3) is 0.875. The van der Waals surface area contributed by atoms with Gasteiger partial charge in [-0.1, -0.05) is 41.5 Å². The number of hydrogen-bond acceptors (Lipinski definition) is 1. The monoisotopic (exact) mass is 250 g/mol. The van der Waals surface area contributed by atoms with Crippen molar-refractivity contribution >= 4 is 7.85 Å². The van der Waals surface area contributed by atoms with Crippen molar-refractivity contribution in [2.45, 2.75) is 67.2 Å². The van der Waals surface area contributed by atoms with E-state index >= 15 is 0 Å². The maximum atomic E-state index is 6.10. The molecule has 0 aromatic carbocycles. The van der Waals surface area contributed by atoms with E-state index in [0.717, 1.165) is 6.51 Å². The molecule has 0 aliphatic heterocycles. The van der Waals surface area contributed by atoms with Gasteiger partial charge in [-0.05, 0) is 42.6 Å². The van der Waals surface area contributed by atoms with Crippen LogP contribution in [0.1, 0.15) is 67.2 Å². The lowest BCUT2D eigenvalue weighted by Crippen LogP contribution is -2.34. The third kappa shape index (κ3) is 3.55. The molecule has 1 saturated carbocycles. The second-order valence-electron chi connectivity index (χ2n) is 7.53. The van der Waals surface area contributed by atoms with Crippen molar-refractivity contribution in [3.63, 3.8) is 0 Å². The van der Waals surface area contributed by atoms with Crippen LogP contribution in [0.2, 0.25) is 0 Å². The summed E-state index contributed by atoms with van der Waals surface area (Å²) in [5, 5.41) is 0. The normalized spacial score (nSPS) is 19.4. The Morgan fingerprint density at radius 1 is 1.22 bits per heavy atom. The van der Waals surface area contributed by atoms with Gasteiger partial charge >= 0.3 is 0 Å². The summed E-state index contributed by atoms with van der Waals surface area (Å²) in [6, 6.07) is 0. The number of ether oxygens (including phenoxy) is 1. The Bertz CT molecular complexity index is 306. The zero-order valence-electron chi connectivity index (χ0n) is 13.5. The van der Waals surface area contributed by atoms with Crippen LogP contribution in [-0.4, -0.2) is 14.4 Å². The van der Waals surface area contributed by atoms with Gasteiger partial charge in [0.2, 0.25) is 0 Å². The van der Waals surface area contributed by atoms with Crippen molar-refractivity contribution in [1.29, 1.82) is 0 Å². The Kier molecular flexibility index (Phi) is 4.97. The lowest BCUT2D eigenvalue weighted by molar-refractivity contribution is 0.0778. The molecule has 1 aliphatic rings. The van der Waals surface area contributed by atoms with E-state index in [2.05, 4.69) is 49.4 Å². The summed E-state index contributed by atoms with van der Waals surface area (Å²) in [4.78, 5) is 0. The summed E-state index contributed by atoms with van der Waals surface area (Å²) in [7, 11) is 2.11. The lowest BCUT2D eigenvalue weighted by Gasteiger charge is -2.43. The highest BCUT2D eigenvalue weighted by Crippen LogP contribution is 2.48. The van der Waals surface area contributed by atoms with Gasteiger partial charge in [-0.25, -0.2) is 0 Å². The summed E-state index contributed by atoms with van der Waals surface area (Å²) >= 11 is 0. The quantitative estimate of drug-likeness (QED) is 0.526. The molecule has 0 spiro atoms. The molecule has 0 saturated heterocycles. The zero-order chi connectivity index (χ0) is 14.0. The van der Waals surface area contributed by atoms with E-state index in [1.807, 2.05) is 0 Å². The summed E-state index contributed by atoms with van der Waals surface area (Å²) in [5.41, 5.74) is 2.10. The van der Waals surface area contributed by atoms with E-state index < -0.39 is 0 Å². The molecule has 0 amide bonds. The summed E-state index contributed by atoms with van der Waals surface area (Å²) in [6.45, 7) is 14.9. The molecule has 1 rings (SSSR count). The minimum Gasteiger partial charge on any atom is -0.507 e. The van der Waals surface area contributed by atoms with Crippen LogP contribution < -0.4 is 0 Å². The van der Waals surface area contributed by atoms with Crippen LogP contribution in [0.4, 0.5) is 0 Å². The van der Waals surface area contributed by atoms with Gasteiger partial charge in [0.25, 0.3) is 0 Å². The average molecular weight is 250 g/mol. The largest absolute Gasteiger partial charge is 0.507 e. The van der Waals surface area contributed by atoms with Gasteiger partial charge in [0.1, 0.15) is 5.76 Å². The van der Waals surface area contributed by atoms with Crippen LogP contribution in [0.5, 0.6) is 0 Å². The van der Waals surface area contributed by atoms with Crippen LogP contribution in [-0.2, 0) is 4.74 Å². The highest BCUT2D eigenvalue weighted by Gasteiger charge is 2.40. The van der Waals surface area contributed by atoms with E-state index in [1.165, 1.54) is 31.4 Å². The Morgan fingerprint density at radius 2 is 1.78 bits per heavy atom. The van der Waals surface area contributed by atoms with Gasteiger partial charge in [-0.2, -0.15) is 0 Å². The molecule has 0 aromatic heterocycles. The summed E-state index contributed by atoms with van der Waals surface area (Å²) in [6.07, 6.45) is 5.04. The van der Waals surface area contributed by atoms with Gasteiger partial charge in [0, 0.05) is 5.41 Å². The van der Waals surface area contributed by atoms with Gasteiger partial charge in [-0.3, -0.25) is 0 Å². The molecule has 1 aliphatic carbocycles. The minimum atomic E-state index is 0.185. The van der Waals surface area contributed by atoms with Crippen LogP contribution in [0.15, 0.2) is 11.3 Å². The van der Waals surface area contributed by atoms with Gasteiger partial charge in [0.15, 0.2) is 7.85 Å². The first-order chi connectivity index (χ1) is 8.20. The molecule has 1 fully saturated rings. The molecular formula is C16H31BO. The molecule has 18 heavy (non-hydrogen) atoms. The summed E-state index contributed by atoms with van der Waals surface area (Å²) < 4.78 is 6.10. The highest BCUT2D eigenvalue weighted by atomic mass is 16.5. The second kappa shape index (κ2) is 5.71. The van der Waals surface area contributed by atoms with Crippen LogP contribution >= 0.6 is 0 Å².